The van der Waals surface area contributed by atoms with Crippen LogP contribution in [0.1, 0.15) is 13.3 Å². The molecule has 6 heteroatoms. The monoisotopic (exact) mass is 196 g/mol. The third kappa shape index (κ3) is 1.84. The largest absolute Gasteiger partial charge is 0.348 e. The molecule has 14 heavy (non-hydrogen) atoms. The summed E-state index contributed by atoms with van der Waals surface area (Å²) in [5, 5.41) is 14.5. The standard InChI is InChI=1S/C8H16N6/c1-3-4-14-5-7(6-14)9-8-10-11-12-13(8)2/h7H,3-6H2,1-2H3,(H,9,10,12). The number of tetrazole rings is 1. The first-order valence-electron chi connectivity index (χ1n) is 5.01. The van der Waals surface area contributed by atoms with Gasteiger partial charge in [0.05, 0.1) is 6.04 Å². The zero-order valence-electron chi connectivity index (χ0n) is 8.64. The second-order valence-corrected chi connectivity index (χ2v) is 3.73. The van der Waals surface area contributed by atoms with Crippen LogP contribution in [0.4, 0.5) is 5.95 Å². The van der Waals surface area contributed by atoms with Crippen LogP contribution in [0.5, 0.6) is 0 Å². The Hall–Kier alpha value is -1.17. The van der Waals surface area contributed by atoms with Crippen molar-refractivity contribution in [3.05, 3.63) is 0 Å². The zero-order chi connectivity index (χ0) is 9.97. The molecule has 1 aromatic rings. The first-order chi connectivity index (χ1) is 6.79. The molecule has 2 heterocycles. The van der Waals surface area contributed by atoms with Gasteiger partial charge in [-0.15, -0.1) is 0 Å². The predicted octanol–water partition coefficient (Wildman–Crippen LogP) is -0.284. The minimum atomic E-state index is 0.506. The third-order valence-corrected chi connectivity index (χ3v) is 2.45. The van der Waals surface area contributed by atoms with Gasteiger partial charge in [0.2, 0.25) is 5.95 Å². The first-order valence-corrected chi connectivity index (χ1v) is 5.01. The van der Waals surface area contributed by atoms with Crippen molar-refractivity contribution in [3.63, 3.8) is 0 Å². The molecule has 1 N–H and O–H groups in total. The fourth-order valence-corrected chi connectivity index (χ4v) is 1.69. The third-order valence-electron chi connectivity index (χ3n) is 2.45. The van der Waals surface area contributed by atoms with Crippen LogP contribution < -0.4 is 5.32 Å². The quantitative estimate of drug-likeness (QED) is 0.717. The van der Waals surface area contributed by atoms with Gasteiger partial charge in [-0.25, -0.2) is 4.68 Å². The molecule has 0 atom stereocenters. The van der Waals surface area contributed by atoms with E-state index in [0.29, 0.717) is 6.04 Å². The highest BCUT2D eigenvalue weighted by Crippen LogP contribution is 2.12. The summed E-state index contributed by atoms with van der Waals surface area (Å²) in [4.78, 5) is 2.42. The topological polar surface area (TPSA) is 58.9 Å². The smallest absolute Gasteiger partial charge is 0.242 e. The molecule has 1 fully saturated rings. The lowest BCUT2D eigenvalue weighted by Gasteiger charge is -2.39. The SMILES string of the molecule is CCCN1CC(Nc2nnnn2C)C1. The van der Waals surface area contributed by atoms with Crippen LogP contribution in [0, 0.1) is 0 Å². The van der Waals surface area contributed by atoms with E-state index in [-0.39, 0.29) is 0 Å². The second-order valence-electron chi connectivity index (χ2n) is 3.73. The van der Waals surface area contributed by atoms with Gasteiger partial charge in [0.15, 0.2) is 0 Å². The molecule has 1 aliphatic heterocycles. The van der Waals surface area contributed by atoms with E-state index in [4.69, 9.17) is 0 Å². The van der Waals surface area contributed by atoms with E-state index in [0.717, 1.165) is 19.0 Å². The Balaban J connectivity index is 1.77. The predicted molar refractivity (Wildman–Crippen MR) is 52.9 cm³/mol. The molecule has 0 radical (unpaired) electrons. The maximum absolute atomic E-state index is 3.88. The van der Waals surface area contributed by atoms with E-state index in [1.54, 1.807) is 4.68 Å². The normalized spacial score (nSPS) is 18.1. The number of hydrogen-bond donors (Lipinski definition) is 1. The number of anilines is 1. The number of nitrogens with zero attached hydrogens (tertiary/aromatic N) is 5. The van der Waals surface area contributed by atoms with Gasteiger partial charge >= 0.3 is 0 Å². The molecule has 0 bridgehead atoms. The van der Waals surface area contributed by atoms with Crippen molar-refractivity contribution >= 4 is 5.95 Å². The summed E-state index contributed by atoms with van der Waals surface area (Å²) in [5.74, 6) is 0.756. The zero-order valence-corrected chi connectivity index (χ0v) is 8.64. The summed E-state index contributed by atoms with van der Waals surface area (Å²) >= 11 is 0. The molecule has 0 spiro atoms. The molecule has 1 aliphatic rings. The molecule has 0 saturated carbocycles. The minimum Gasteiger partial charge on any atom is -0.348 e. The summed E-state index contributed by atoms with van der Waals surface area (Å²) in [6.45, 7) is 5.59. The molecular formula is C8H16N6. The molecule has 0 aromatic carbocycles. The van der Waals surface area contributed by atoms with E-state index >= 15 is 0 Å². The maximum Gasteiger partial charge on any atom is 0.242 e. The van der Waals surface area contributed by atoms with Crippen molar-refractivity contribution in [1.29, 1.82) is 0 Å². The number of aryl methyl sites for hydroxylation is 1. The summed E-state index contributed by atoms with van der Waals surface area (Å²) < 4.78 is 1.66. The van der Waals surface area contributed by atoms with Crippen molar-refractivity contribution < 1.29 is 0 Å². The Kier molecular flexibility index (Phi) is 2.62. The number of likely N-dealkylation sites (tertiary alicyclic amines) is 1. The van der Waals surface area contributed by atoms with E-state index in [1.165, 1.54) is 13.0 Å². The van der Waals surface area contributed by atoms with Crippen LogP contribution >= 0.6 is 0 Å². The average molecular weight is 196 g/mol. The van der Waals surface area contributed by atoms with E-state index in [1.807, 2.05) is 7.05 Å². The fraction of sp³-hybridized carbons (Fsp3) is 0.875. The molecule has 78 valence electrons. The van der Waals surface area contributed by atoms with Crippen molar-refractivity contribution in [1.82, 2.24) is 25.1 Å². The van der Waals surface area contributed by atoms with E-state index < -0.39 is 0 Å². The molecule has 0 unspecified atom stereocenters. The summed E-state index contributed by atoms with van der Waals surface area (Å²) in [5.41, 5.74) is 0. The number of rotatable bonds is 4. The van der Waals surface area contributed by atoms with Crippen molar-refractivity contribution in [3.8, 4) is 0 Å². The molecule has 1 saturated heterocycles. The van der Waals surface area contributed by atoms with E-state index in [2.05, 4.69) is 32.7 Å². The van der Waals surface area contributed by atoms with Gasteiger partial charge in [-0.05, 0) is 23.4 Å². The van der Waals surface area contributed by atoms with Crippen LogP contribution in [0.25, 0.3) is 0 Å². The molecule has 2 rings (SSSR count). The van der Waals surface area contributed by atoms with Gasteiger partial charge in [-0.3, -0.25) is 4.90 Å². The Morgan fingerprint density at radius 3 is 2.86 bits per heavy atom. The Morgan fingerprint density at radius 1 is 1.50 bits per heavy atom. The van der Waals surface area contributed by atoms with Gasteiger partial charge < -0.3 is 5.32 Å². The molecule has 0 aliphatic carbocycles. The first kappa shape index (κ1) is 9.39. The lowest BCUT2D eigenvalue weighted by molar-refractivity contribution is 0.161. The number of aromatic nitrogens is 4. The van der Waals surface area contributed by atoms with Gasteiger partial charge in [0.1, 0.15) is 0 Å². The lowest BCUT2D eigenvalue weighted by Crippen LogP contribution is -2.55. The Morgan fingerprint density at radius 2 is 2.29 bits per heavy atom. The molecule has 6 nitrogen and oxygen atoms in total. The maximum atomic E-state index is 3.88. The van der Waals surface area contributed by atoms with Gasteiger partial charge in [0, 0.05) is 20.1 Å². The average Bonchev–Trinajstić information content (AvgIpc) is 2.48. The minimum absolute atomic E-state index is 0.506. The summed E-state index contributed by atoms with van der Waals surface area (Å²) in [6, 6.07) is 0.506. The highest BCUT2D eigenvalue weighted by molar-refractivity contribution is 5.25. The molecule has 0 amide bonds. The van der Waals surface area contributed by atoms with Crippen LogP contribution in [-0.4, -0.2) is 50.8 Å². The highest BCUT2D eigenvalue weighted by atomic mass is 15.6. The van der Waals surface area contributed by atoms with Crippen LogP contribution in [-0.2, 0) is 7.05 Å². The Bertz CT molecular complexity index is 290. The number of hydrogen-bond acceptors (Lipinski definition) is 5. The van der Waals surface area contributed by atoms with Crippen molar-refractivity contribution in [2.24, 2.45) is 7.05 Å². The van der Waals surface area contributed by atoms with E-state index in [9.17, 15) is 0 Å². The van der Waals surface area contributed by atoms with Gasteiger partial charge in [-0.2, -0.15) is 0 Å². The van der Waals surface area contributed by atoms with Crippen molar-refractivity contribution in [2.45, 2.75) is 19.4 Å². The van der Waals surface area contributed by atoms with Crippen LogP contribution in [0.3, 0.4) is 0 Å². The summed E-state index contributed by atoms with van der Waals surface area (Å²) in [7, 11) is 1.84. The van der Waals surface area contributed by atoms with Gasteiger partial charge in [-0.1, -0.05) is 12.0 Å². The fourth-order valence-electron chi connectivity index (χ4n) is 1.69. The van der Waals surface area contributed by atoms with Gasteiger partial charge in [0.25, 0.3) is 0 Å². The lowest BCUT2D eigenvalue weighted by atomic mass is 10.1. The Labute approximate surface area is 83.3 Å². The highest BCUT2D eigenvalue weighted by Gasteiger charge is 2.26. The summed E-state index contributed by atoms with van der Waals surface area (Å²) in [6.07, 6.45) is 1.22. The second kappa shape index (κ2) is 3.91. The number of nitrogens with one attached hydrogen (secondary N) is 1. The molecule has 1 aromatic heterocycles. The van der Waals surface area contributed by atoms with Crippen LogP contribution in [0.15, 0.2) is 0 Å². The molecular weight excluding hydrogens is 180 g/mol. The van der Waals surface area contributed by atoms with Crippen LogP contribution in [0.2, 0.25) is 0 Å². The van der Waals surface area contributed by atoms with Crippen molar-refractivity contribution in [2.75, 3.05) is 25.0 Å².